The third-order valence-electron chi connectivity index (χ3n) is 6.60. The van der Waals surface area contributed by atoms with Crippen molar-refractivity contribution in [2.45, 2.75) is 24.8 Å². The lowest BCUT2D eigenvalue weighted by atomic mass is 9.87. The predicted molar refractivity (Wildman–Crippen MR) is 126 cm³/mol. The number of hydrogen-bond donors (Lipinski definition) is 1. The summed E-state index contributed by atoms with van der Waals surface area (Å²) in [6.45, 7) is -0.190. The molecular formula is C27H23ClFNO4. The lowest BCUT2D eigenvalue weighted by molar-refractivity contribution is -0.139. The van der Waals surface area contributed by atoms with Gasteiger partial charge in [0, 0.05) is 23.0 Å². The zero-order valence-electron chi connectivity index (χ0n) is 18.3. The van der Waals surface area contributed by atoms with Gasteiger partial charge in [0.05, 0.1) is 6.04 Å². The van der Waals surface area contributed by atoms with E-state index >= 15 is 0 Å². The first-order valence-electron chi connectivity index (χ1n) is 11.2. The van der Waals surface area contributed by atoms with Crippen molar-refractivity contribution in [1.29, 1.82) is 0 Å². The SMILES string of the molecule is O=C(O)COc1ccc(Cl)cc1C1c2cccc(F)c2CCN1C(=O)C1CC1c1ccccc1. The van der Waals surface area contributed by atoms with Crippen LogP contribution in [0.2, 0.25) is 5.02 Å². The Balaban J connectivity index is 1.55. The monoisotopic (exact) mass is 479 g/mol. The fourth-order valence-corrected chi connectivity index (χ4v) is 5.13. The average Bonchev–Trinajstić information content (AvgIpc) is 3.64. The zero-order chi connectivity index (χ0) is 23.8. The van der Waals surface area contributed by atoms with E-state index in [2.05, 4.69) is 0 Å². The van der Waals surface area contributed by atoms with E-state index < -0.39 is 18.6 Å². The van der Waals surface area contributed by atoms with Crippen molar-refractivity contribution in [3.8, 4) is 5.75 Å². The second kappa shape index (κ2) is 9.11. The standard InChI is InChI=1S/C27H23ClFNO4/c28-17-9-10-24(34-15-25(31)32)22(13-17)26-19-7-4-8-23(29)18(19)11-12-30(26)27(33)21-14-20(21)16-5-2-1-3-6-16/h1-10,13,20-21,26H,11-12,14-15H2,(H,31,32). The Kier molecular flexibility index (Phi) is 6.00. The molecule has 0 bridgehead atoms. The number of carbonyl (C=O) groups is 2. The molecule has 3 atom stereocenters. The zero-order valence-corrected chi connectivity index (χ0v) is 19.0. The van der Waals surface area contributed by atoms with Crippen LogP contribution < -0.4 is 4.74 Å². The summed E-state index contributed by atoms with van der Waals surface area (Å²) in [7, 11) is 0. The Labute approximate surface area is 201 Å². The predicted octanol–water partition coefficient (Wildman–Crippen LogP) is 5.22. The maximum Gasteiger partial charge on any atom is 0.341 e. The van der Waals surface area contributed by atoms with Crippen molar-refractivity contribution in [3.63, 3.8) is 0 Å². The number of benzene rings is 3. The minimum atomic E-state index is -1.12. The van der Waals surface area contributed by atoms with Crippen molar-refractivity contribution in [1.82, 2.24) is 4.90 Å². The van der Waals surface area contributed by atoms with Crippen molar-refractivity contribution in [2.75, 3.05) is 13.2 Å². The number of halogens is 2. The minimum absolute atomic E-state index is 0.00192. The molecule has 2 aliphatic rings. The summed E-state index contributed by atoms with van der Waals surface area (Å²) >= 11 is 6.31. The van der Waals surface area contributed by atoms with E-state index in [1.807, 2.05) is 36.4 Å². The molecule has 1 saturated carbocycles. The number of fused-ring (bicyclic) bond motifs is 1. The summed E-state index contributed by atoms with van der Waals surface area (Å²) in [5.41, 5.74) is 2.90. The van der Waals surface area contributed by atoms with E-state index in [9.17, 15) is 14.0 Å². The van der Waals surface area contributed by atoms with Gasteiger partial charge in [0.2, 0.25) is 5.91 Å². The summed E-state index contributed by atoms with van der Waals surface area (Å²) < 4.78 is 20.3. The Morgan fingerprint density at radius 1 is 1.06 bits per heavy atom. The van der Waals surface area contributed by atoms with Gasteiger partial charge in [-0.25, -0.2) is 9.18 Å². The van der Waals surface area contributed by atoms with Crippen molar-refractivity contribution in [3.05, 3.63) is 99.8 Å². The topological polar surface area (TPSA) is 66.8 Å². The molecule has 0 aromatic heterocycles. The first-order valence-corrected chi connectivity index (χ1v) is 11.6. The van der Waals surface area contributed by atoms with Gasteiger partial charge in [-0.05, 0) is 59.7 Å². The molecule has 5 rings (SSSR count). The molecule has 0 radical (unpaired) electrons. The highest BCUT2D eigenvalue weighted by molar-refractivity contribution is 6.30. The van der Waals surface area contributed by atoms with Crippen LogP contribution in [0.3, 0.4) is 0 Å². The van der Waals surface area contributed by atoms with Crippen molar-refractivity contribution >= 4 is 23.5 Å². The molecule has 34 heavy (non-hydrogen) atoms. The van der Waals surface area contributed by atoms with Crippen LogP contribution in [0.4, 0.5) is 4.39 Å². The normalized spacial score (nSPS) is 21.0. The van der Waals surface area contributed by atoms with Gasteiger partial charge in [-0.3, -0.25) is 4.79 Å². The van der Waals surface area contributed by atoms with Gasteiger partial charge in [0.1, 0.15) is 11.6 Å². The number of carbonyl (C=O) groups excluding carboxylic acids is 1. The van der Waals surface area contributed by atoms with Crippen LogP contribution in [0.1, 0.15) is 40.6 Å². The fraction of sp³-hybridized carbons (Fsp3) is 0.259. The van der Waals surface area contributed by atoms with Crippen LogP contribution in [-0.4, -0.2) is 35.0 Å². The van der Waals surface area contributed by atoms with E-state index in [1.54, 1.807) is 29.2 Å². The molecule has 3 unspecified atom stereocenters. The molecule has 3 aromatic carbocycles. The van der Waals surface area contributed by atoms with Gasteiger partial charge in [0.25, 0.3) is 0 Å². The molecule has 1 fully saturated rings. The van der Waals surface area contributed by atoms with Gasteiger partial charge in [-0.1, -0.05) is 54.1 Å². The Hall–Kier alpha value is -3.38. The minimum Gasteiger partial charge on any atom is -0.482 e. The fourth-order valence-electron chi connectivity index (χ4n) is 4.95. The number of amides is 1. The van der Waals surface area contributed by atoms with Crippen LogP contribution in [0.25, 0.3) is 0 Å². The third kappa shape index (κ3) is 4.26. The molecule has 174 valence electrons. The largest absolute Gasteiger partial charge is 0.482 e. The number of aliphatic carboxylic acids is 1. The van der Waals surface area contributed by atoms with Crippen LogP contribution in [0.15, 0.2) is 66.7 Å². The second-order valence-electron chi connectivity index (χ2n) is 8.72. The first kappa shape index (κ1) is 22.4. The van der Waals surface area contributed by atoms with E-state index in [0.717, 1.165) is 12.0 Å². The molecule has 0 spiro atoms. The molecular weight excluding hydrogens is 457 g/mol. The molecule has 0 saturated heterocycles. The van der Waals surface area contributed by atoms with E-state index in [-0.39, 0.29) is 23.6 Å². The molecule has 3 aromatic rings. The highest BCUT2D eigenvalue weighted by Crippen LogP contribution is 2.51. The Morgan fingerprint density at radius 3 is 2.62 bits per heavy atom. The molecule has 1 aliphatic carbocycles. The number of nitrogens with zero attached hydrogens (tertiary/aromatic N) is 1. The highest BCUT2D eigenvalue weighted by Gasteiger charge is 2.48. The molecule has 1 heterocycles. The Bertz CT molecular complexity index is 1250. The number of hydrogen-bond acceptors (Lipinski definition) is 3. The first-order chi connectivity index (χ1) is 16.4. The smallest absolute Gasteiger partial charge is 0.341 e. The summed E-state index contributed by atoms with van der Waals surface area (Å²) in [5.74, 6) is -1.13. The van der Waals surface area contributed by atoms with Crippen LogP contribution >= 0.6 is 11.6 Å². The summed E-state index contributed by atoms with van der Waals surface area (Å²) in [6.07, 6.45) is 1.17. The quantitative estimate of drug-likeness (QED) is 0.526. The highest BCUT2D eigenvalue weighted by atomic mass is 35.5. The Morgan fingerprint density at radius 2 is 1.85 bits per heavy atom. The molecule has 1 amide bonds. The van der Waals surface area contributed by atoms with Crippen LogP contribution in [0.5, 0.6) is 5.75 Å². The van der Waals surface area contributed by atoms with E-state index in [1.165, 1.54) is 6.07 Å². The third-order valence-corrected chi connectivity index (χ3v) is 6.84. The second-order valence-corrected chi connectivity index (χ2v) is 9.15. The molecule has 1 aliphatic heterocycles. The van der Waals surface area contributed by atoms with Crippen molar-refractivity contribution < 1.29 is 23.8 Å². The van der Waals surface area contributed by atoms with Gasteiger partial charge < -0.3 is 14.7 Å². The lowest BCUT2D eigenvalue weighted by Crippen LogP contribution is -2.42. The summed E-state index contributed by atoms with van der Waals surface area (Å²) in [6, 6.07) is 19.1. The summed E-state index contributed by atoms with van der Waals surface area (Å²) in [5, 5.41) is 9.54. The number of ether oxygens (including phenoxy) is 1. The van der Waals surface area contributed by atoms with Gasteiger partial charge in [0.15, 0.2) is 6.61 Å². The molecule has 7 heteroatoms. The lowest BCUT2D eigenvalue weighted by Gasteiger charge is -2.38. The number of carboxylic acid groups (broad SMARTS) is 1. The van der Waals surface area contributed by atoms with Gasteiger partial charge in [-0.2, -0.15) is 0 Å². The average molecular weight is 480 g/mol. The van der Waals surface area contributed by atoms with E-state index in [4.69, 9.17) is 21.4 Å². The molecule has 1 N–H and O–H groups in total. The number of carboxylic acids is 1. The number of rotatable bonds is 6. The maximum absolute atomic E-state index is 14.7. The van der Waals surface area contributed by atoms with Crippen LogP contribution in [-0.2, 0) is 16.0 Å². The van der Waals surface area contributed by atoms with Crippen LogP contribution in [0, 0.1) is 11.7 Å². The summed E-state index contributed by atoms with van der Waals surface area (Å²) in [4.78, 5) is 26.7. The van der Waals surface area contributed by atoms with Crippen molar-refractivity contribution in [2.24, 2.45) is 5.92 Å². The van der Waals surface area contributed by atoms with E-state index in [0.29, 0.717) is 40.4 Å². The van der Waals surface area contributed by atoms with Gasteiger partial charge in [-0.15, -0.1) is 0 Å². The van der Waals surface area contributed by atoms with Gasteiger partial charge >= 0.3 is 5.97 Å². The maximum atomic E-state index is 14.7. The molecule has 5 nitrogen and oxygen atoms in total.